The van der Waals surface area contributed by atoms with E-state index in [1.165, 1.54) is 0 Å². The molecule has 1 atom stereocenters. The van der Waals surface area contributed by atoms with Crippen LogP contribution in [0.2, 0.25) is 0 Å². The predicted octanol–water partition coefficient (Wildman–Crippen LogP) is 2.12. The molecule has 0 radical (unpaired) electrons. The lowest BCUT2D eigenvalue weighted by atomic mass is 10.1. The van der Waals surface area contributed by atoms with E-state index in [9.17, 15) is 19.5 Å². The molecule has 0 aliphatic carbocycles. The number of nitrogens with one attached hydrogen (secondary N) is 1. The molecule has 0 unspecified atom stereocenters. The molecule has 0 aliphatic rings. The highest BCUT2D eigenvalue weighted by atomic mass is 16.4. The van der Waals surface area contributed by atoms with Gasteiger partial charge in [0.05, 0.1) is 11.0 Å². The fourth-order valence-electron chi connectivity index (χ4n) is 3.10. The van der Waals surface area contributed by atoms with Crippen LogP contribution in [0.3, 0.4) is 0 Å². The molecular weight excluding hydrogens is 358 g/mol. The van der Waals surface area contributed by atoms with Crippen molar-refractivity contribution in [2.24, 2.45) is 7.05 Å². The molecule has 7 nitrogen and oxygen atoms in total. The van der Waals surface area contributed by atoms with E-state index < -0.39 is 12.0 Å². The van der Waals surface area contributed by atoms with Crippen LogP contribution in [0, 0.1) is 6.92 Å². The van der Waals surface area contributed by atoms with Gasteiger partial charge in [0.2, 0.25) is 5.91 Å². The molecule has 1 heterocycles. The molecule has 0 aliphatic heterocycles. The third-order valence-electron chi connectivity index (χ3n) is 4.63. The summed E-state index contributed by atoms with van der Waals surface area (Å²) in [5.41, 5.74) is 3.09. The minimum Gasteiger partial charge on any atom is -0.479 e. The number of hydrogen-bond donors (Lipinski definition) is 2. The number of amides is 1. The maximum atomic E-state index is 12.3. The highest BCUT2D eigenvalue weighted by molar-refractivity contribution is 5.84. The van der Waals surface area contributed by atoms with Crippen molar-refractivity contribution in [3.8, 4) is 0 Å². The average Bonchev–Trinajstić information content (AvgIpc) is 2.69. The van der Waals surface area contributed by atoms with E-state index in [0.29, 0.717) is 23.2 Å². The average molecular weight is 379 g/mol. The van der Waals surface area contributed by atoms with Crippen LogP contribution >= 0.6 is 0 Å². The van der Waals surface area contributed by atoms with Gasteiger partial charge in [0, 0.05) is 13.5 Å². The minimum absolute atomic E-state index is 0.139. The Morgan fingerprint density at radius 2 is 1.89 bits per heavy atom. The molecule has 2 aromatic carbocycles. The summed E-state index contributed by atoms with van der Waals surface area (Å²) in [6, 6.07) is 13.0. The molecule has 1 aromatic heterocycles. The van der Waals surface area contributed by atoms with Crippen molar-refractivity contribution in [2.75, 3.05) is 0 Å². The number of aromatic nitrogens is 2. The van der Waals surface area contributed by atoms with E-state index >= 15 is 0 Å². The van der Waals surface area contributed by atoms with Gasteiger partial charge in [-0.25, -0.2) is 9.78 Å². The molecule has 1 amide bonds. The first-order chi connectivity index (χ1) is 13.4. The summed E-state index contributed by atoms with van der Waals surface area (Å²) >= 11 is 0. The van der Waals surface area contributed by atoms with Crippen LogP contribution in [0.4, 0.5) is 0 Å². The van der Waals surface area contributed by atoms with E-state index in [2.05, 4.69) is 10.3 Å². The van der Waals surface area contributed by atoms with Crippen LogP contribution in [-0.2, 0) is 23.1 Å². The Kier molecular flexibility index (Phi) is 5.54. The Hall–Kier alpha value is -3.48. The minimum atomic E-state index is -1.11. The first kappa shape index (κ1) is 19.3. The highest BCUT2D eigenvalue weighted by Gasteiger charge is 2.21. The third kappa shape index (κ3) is 4.09. The predicted molar refractivity (Wildman–Crippen MR) is 105 cm³/mol. The molecular formula is C21H21N3O4. The van der Waals surface area contributed by atoms with Gasteiger partial charge in [-0.2, -0.15) is 0 Å². The van der Waals surface area contributed by atoms with Gasteiger partial charge in [-0.15, -0.1) is 0 Å². The fourth-order valence-corrected chi connectivity index (χ4v) is 3.10. The van der Waals surface area contributed by atoms with Gasteiger partial charge in [-0.05, 0) is 36.6 Å². The van der Waals surface area contributed by atoms with Gasteiger partial charge < -0.3 is 15.0 Å². The summed E-state index contributed by atoms with van der Waals surface area (Å²) in [5, 5.41) is 12.0. The van der Waals surface area contributed by atoms with Crippen LogP contribution in [0.25, 0.3) is 11.0 Å². The first-order valence-corrected chi connectivity index (χ1v) is 8.90. The van der Waals surface area contributed by atoms with Crippen molar-refractivity contribution < 1.29 is 14.7 Å². The highest BCUT2D eigenvalue weighted by Crippen LogP contribution is 2.16. The molecule has 28 heavy (non-hydrogen) atoms. The number of aliphatic carboxylic acids is 1. The standard InChI is InChI=1S/C21H21N3O4/c1-13-20(26)24(2)17-10-8-14(12-16(17)22-13)9-11-18(25)23-19(21(27)28)15-6-4-3-5-7-15/h3-8,10,12,19H,9,11H2,1-2H3,(H,23,25)(H,27,28)/t19-/m1/s1. The maximum Gasteiger partial charge on any atom is 0.330 e. The van der Waals surface area contributed by atoms with Gasteiger partial charge in [-0.3, -0.25) is 9.59 Å². The monoisotopic (exact) mass is 379 g/mol. The molecule has 0 saturated carbocycles. The number of carbonyl (C=O) groups is 2. The van der Waals surface area contributed by atoms with Gasteiger partial charge >= 0.3 is 5.97 Å². The van der Waals surface area contributed by atoms with Gasteiger partial charge in [0.25, 0.3) is 5.56 Å². The molecule has 2 N–H and O–H groups in total. The van der Waals surface area contributed by atoms with E-state index in [1.807, 2.05) is 12.1 Å². The molecule has 7 heteroatoms. The summed E-state index contributed by atoms with van der Waals surface area (Å²) in [4.78, 5) is 40.1. The van der Waals surface area contributed by atoms with Crippen molar-refractivity contribution in [3.05, 3.63) is 75.7 Å². The van der Waals surface area contributed by atoms with E-state index in [0.717, 1.165) is 11.1 Å². The van der Waals surface area contributed by atoms with Crippen LogP contribution < -0.4 is 10.9 Å². The van der Waals surface area contributed by atoms with Crippen LogP contribution in [0.5, 0.6) is 0 Å². The molecule has 0 spiro atoms. The lowest BCUT2D eigenvalue weighted by molar-refractivity contribution is -0.142. The first-order valence-electron chi connectivity index (χ1n) is 8.90. The van der Waals surface area contributed by atoms with Gasteiger partial charge in [0.1, 0.15) is 5.69 Å². The van der Waals surface area contributed by atoms with E-state index in [1.54, 1.807) is 54.9 Å². The number of aryl methyl sites for hydroxylation is 3. The molecule has 0 saturated heterocycles. The Balaban J connectivity index is 1.71. The summed E-state index contributed by atoms with van der Waals surface area (Å²) in [6.45, 7) is 1.66. The third-order valence-corrected chi connectivity index (χ3v) is 4.63. The number of hydrogen-bond acceptors (Lipinski definition) is 4. The van der Waals surface area contributed by atoms with Gasteiger partial charge in [-0.1, -0.05) is 36.4 Å². The summed E-state index contributed by atoms with van der Waals surface area (Å²) in [5.74, 6) is -1.45. The Morgan fingerprint density at radius 3 is 2.57 bits per heavy atom. The lowest BCUT2D eigenvalue weighted by Gasteiger charge is -2.15. The van der Waals surface area contributed by atoms with Crippen LogP contribution in [-0.4, -0.2) is 26.5 Å². The quantitative estimate of drug-likeness (QED) is 0.683. The normalized spacial score (nSPS) is 11.9. The second-order valence-corrected chi connectivity index (χ2v) is 6.63. The van der Waals surface area contributed by atoms with Crippen molar-refractivity contribution >= 4 is 22.9 Å². The van der Waals surface area contributed by atoms with Crippen molar-refractivity contribution in [1.82, 2.24) is 14.9 Å². The summed E-state index contributed by atoms with van der Waals surface area (Å²) < 4.78 is 1.55. The van der Waals surface area contributed by atoms with Crippen molar-refractivity contribution in [2.45, 2.75) is 25.8 Å². The van der Waals surface area contributed by atoms with E-state index in [-0.39, 0.29) is 17.9 Å². The fraction of sp³-hybridized carbons (Fsp3) is 0.238. The number of rotatable bonds is 6. The zero-order chi connectivity index (χ0) is 20.3. The number of nitrogens with zero attached hydrogens (tertiary/aromatic N) is 2. The summed E-state index contributed by atoms with van der Waals surface area (Å²) in [6.07, 6.45) is 0.583. The van der Waals surface area contributed by atoms with Crippen molar-refractivity contribution in [3.63, 3.8) is 0 Å². The zero-order valence-electron chi connectivity index (χ0n) is 15.7. The maximum absolute atomic E-state index is 12.3. The second kappa shape index (κ2) is 8.04. The SMILES string of the molecule is Cc1nc2cc(CCC(=O)N[C@@H](C(=O)O)c3ccccc3)ccc2n(C)c1=O. The zero-order valence-corrected chi connectivity index (χ0v) is 15.7. The van der Waals surface area contributed by atoms with Crippen LogP contribution in [0.1, 0.15) is 29.3 Å². The second-order valence-electron chi connectivity index (χ2n) is 6.63. The molecule has 144 valence electrons. The Labute approximate surface area is 161 Å². The van der Waals surface area contributed by atoms with Crippen LogP contribution in [0.15, 0.2) is 53.3 Å². The number of fused-ring (bicyclic) bond motifs is 1. The number of carbonyl (C=O) groups excluding carboxylic acids is 1. The van der Waals surface area contributed by atoms with Crippen molar-refractivity contribution in [1.29, 1.82) is 0 Å². The molecule has 0 bridgehead atoms. The Bertz CT molecular complexity index is 1090. The lowest BCUT2D eigenvalue weighted by Crippen LogP contribution is -2.33. The largest absolute Gasteiger partial charge is 0.479 e. The molecule has 3 rings (SSSR count). The van der Waals surface area contributed by atoms with E-state index in [4.69, 9.17) is 0 Å². The number of carboxylic acid groups (broad SMARTS) is 1. The molecule has 0 fully saturated rings. The topological polar surface area (TPSA) is 101 Å². The summed E-state index contributed by atoms with van der Waals surface area (Å²) in [7, 11) is 1.70. The number of carboxylic acids is 1. The smallest absolute Gasteiger partial charge is 0.330 e. The molecule has 3 aromatic rings. The number of benzene rings is 2. The van der Waals surface area contributed by atoms with Gasteiger partial charge in [0.15, 0.2) is 6.04 Å². The Morgan fingerprint density at radius 1 is 1.18 bits per heavy atom.